The van der Waals surface area contributed by atoms with E-state index in [2.05, 4.69) is 48.3 Å². The van der Waals surface area contributed by atoms with Crippen molar-refractivity contribution in [2.24, 2.45) is 0 Å². The van der Waals surface area contributed by atoms with Crippen LogP contribution in [0.2, 0.25) is 5.02 Å². The predicted octanol–water partition coefficient (Wildman–Crippen LogP) is 4.32. The molecule has 0 radical (unpaired) electrons. The molecule has 2 aromatic carbocycles. The predicted molar refractivity (Wildman–Crippen MR) is 110 cm³/mol. The van der Waals surface area contributed by atoms with Crippen LogP contribution in [-0.4, -0.2) is 29.4 Å². The average molecular weight is 383 g/mol. The largest absolute Gasteiger partial charge is 0.353 e. The van der Waals surface area contributed by atoms with E-state index in [1.54, 1.807) is 0 Å². The molecule has 1 aliphatic heterocycles. The Bertz CT molecular complexity index is 840. The zero-order valence-corrected chi connectivity index (χ0v) is 16.9. The number of hydrogen-bond donors (Lipinski definition) is 1. The molecular weight excluding hydrogens is 356 g/mol. The molecule has 4 rings (SSSR count). The molecule has 142 valence electrons. The second-order valence-electron chi connectivity index (χ2n) is 8.52. The fraction of sp³-hybridized carbons (Fsp3) is 0.435. The molecule has 1 heterocycles. The Morgan fingerprint density at radius 3 is 2.44 bits per heavy atom. The van der Waals surface area contributed by atoms with Crippen molar-refractivity contribution in [3.8, 4) is 0 Å². The van der Waals surface area contributed by atoms with Crippen molar-refractivity contribution in [2.45, 2.75) is 50.6 Å². The highest BCUT2D eigenvalue weighted by atomic mass is 35.5. The van der Waals surface area contributed by atoms with Crippen molar-refractivity contribution in [2.75, 3.05) is 13.1 Å². The van der Waals surface area contributed by atoms with Gasteiger partial charge < -0.3 is 5.32 Å². The van der Waals surface area contributed by atoms with Crippen molar-refractivity contribution in [1.29, 1.82) is 0 Å². The lowest BCUT2D eigenvalue weighted by Crippen LogP contribution is -2.54. The lowest BCUT2D eigenvalue weighted by atomic mass is 9.92. The first-order valence-electron chi connectivity index (χ1n) is 9.77. The van der Waals surface area contributed by atoms with Gasteiger partial charge in [-0.25, -0.2) is 0 Å². The monoisotopic (exact) mass is 382 g/mol. The Morgan fingerprint density at radius 1 is 1.11 bits per heavy atom. The maximum absolute atomic E-state index is 13.0. The molecule has 0 unspecified atom stereocenters. The van der Waals surface area contributed by atoms with Gasteiger partial charge in [-0.1, -0.05) is 48.0 Å². The van der Waals surface area contributed by atoms with Crippen LogP contribution in [0.5, 0.6) is 0 Å². The molecule has 2 aromatic rings. The topological polar surface area (TPSA) is 32.3 Å². The van der Waals surface area contributed by atoms with E-state index in [0.717, 1.165) is 37.9 Å². The zero-order chi connectivity index (χ0) is 19.1. The minimum Gasteiger partial charge on any atom is -0.353 e. The van der Waals surface area contributed by atoms with Crippen LogP contribution < -0.4 is 5.32 Å². The first-order valence-corrected chi connectivity index (χ1v) is 10.1. The summed E-state index contributed by atoms with van der Waals surface area (Å²) in [5, 5.41) is 3.96. The molecule has 27 heavy (non-hydrogen) atoms. The lowest BCUT2D eigenvalue weighted by Gasteiger charge is -2.42. The quantitative estimate of drug-likeness (QED) is 0.834. The van der Waals surface area contributed by atoms with Crippen LogP contribution in [0.3, 0.4) is 0 Å². The standard InChI is InChI=1S/C23H27ClN2O/c1-22(2,26-14-11-17-5-3-4-6-18(17)15-26)16-25-21(27)23(12-13-23)19-7-9-20(24)10-8-19/h3-10H,11-16H2,1-2H3,(H,25,27). The summed E-state index contributed by atoms with van der Waals surface area (Å²) in [6.07, 6.45) is 2.90. The third-order valence-electron chi connectivity index (χ3n) is 6.25. The summed E-state index contributed by atoms with van der Waals surface area (Å²) in [7, 11) is 0. The van der Waals surface area contributed by atoms with Crippen LogP contribution >= 0.6 is 11.6 Å². The smallest absolute Gasteiger partial charge is 0.230 e. The van der Waals surface area contributed by atoms with E-state index in [4.69, 9.17) is 11.6 Å². The molecule has 0 spiro atoms. The molecule has 0 atom stereocenters. The molecule has 0 bridgehead atoms. The molecule has 1 aliphatic carbocycles. The van der Waals surface area contributed by atoms with Gasteiger partial charge in [0.1, 0.15) is 0 Å². The molecule has 4 heteroatoms. The molecule has 3 nitrogen and oxygen atoms in total. The van der Waals surface area contributed by atoms with Gasteiger partial charge in [0, 0.05) is 30.2 Å². The highest BCUT2D eigenvalue weighted by Crippen LogP contribution is 2.48. The zero-order valence-electron chi connectivity index (χ0n) is 16.1. The third-order valence-corrected chi connectivity index (χ3v) is 6.50. The lowest BCUT2D eigenvalue weighted by molar-refractivity contribution is -0.124. The minimum atomic E-state index is -0.352. The van der Waals surface area contributed by atoms with E-state index in [-0.39, 0.29) is 16.9 Å². The fourth-order valence-electron chi connectivity index (χ4n) is 4.13. The summed E-state index contributed by atoms with van der Waals surface area (Å²) in [5.41, 5.74) is 3.50. The molecule has 1 amide bonds. The van der Waals surface area contributed by atoms with Gasteiger partial charge in [-0.3, -0.25) is 9.69 Å². The summed E-state index contributed by atoms with van der Waals surface area (Å²) in [4.78, 5) is 15.5. The number of halogens is 1. The van der Waals surface area contributed by atoms with E-state index in [1.807, 2.05) is 24.3 Å². The van der Waals surface area contributed by atoms with E-state index in [0.29, 0.717) is 11.6 Å². The van der Waals surface area contributed by atoms with Gasteiger partial charge in [0.2, 0.25) is 5.91 Å². The van der Waals surface area contributed by atoms with Gasteiger partial charge in [-0.15, -0.1) is 0 Å². The molecule has 1 saturated carbocycles. The van der Waals surface area contributed by atoms with E-state index in [9.17, 15) is 4.79 Å². The Labute approximate surface area is 166 Å². The Morgan fingerprint density at radius 2 is 1.78 bits per heavy atom. The molecular formula is C23H27ClN2O. The van der Waals surface area contributed by atoms with Crippen molar-refractivity contribution in [1.82, 2.24) is 10.2 Å². The summed E-state index contributed by atoms with van der Waals surface area (Å²) in [6.45, 7) is 7.08. The number of nitrogens with one attached hydrogen (secondary N) is 1. The maximum atomic E-state index is 13.0. The van der Waals surface area contributed by atoms with Crippen LogP contribution in [0.1, 0.15) is 43.4 Å². The summed E-state index contributed by atoms with van der Waals surface area (Å²) < 4.78 is 0. The highest BCUT2D eigenvalue weighted by molar-refractivity contribution is 6.30. The highest BCUT2D eigenvalue weighted by Gasteiger charge is 2.51. The first kappa shape index (κ1) is 18.5. The Kier molecular flexibility index (Phi) is 4.77. The van der Waals surface area contributed by atoms with Crippen molar-refractivity contribution in [3.05, 3.63) is 70.2 Å². The number of hydrogen-bond acceptors (Lipinski definition) is 2. The van der Waals surface area contributed by atoms with Crippen LogP contribution in [0.15, 0.2) is 48.5 Å². The number of amides is 1. The number of rotatable bonds is 5. The van der Waals surface area contributed by atoms with Crippen LogP contribution in [0.25, 0.3) is 0 Å². The number of fused-ring (bicyclic) bond motifs is 1. The third kappa shape index (κ3) is 3.63. The molecule has 1 N–H and O–H groups in total. The van der Waals surface area contributed by atoms with Crippen LogP contribution in [0, 0.1) is 0 Å². The van der Waals surface area contributed by atoms with Crippen molar-refractivity contribution in [3.63, 3.8) is 0 Å². The van der Waals surface area contributed by atoms with Gasteiger partial charge in [-0.05, 0) is 61.9 Å². The van der Waals surface area contributed by atoms with Gasteiger partial charge in [0.15, 0.2) is 0 Å². The second kappa shape index (κ2) is 6.96. The summed E-state index contributed by atoms with van der Waals surface area (Å²) in [5.74, 6) is 0.148. The van der Waals surface area contributed by atoms with E-state index in [1.165, 1.54) is 11.1 Å². The summed E-state index contributed by atoms with van der Waals surface area (Å²) >= 11 is 6.00. The van der Waals surface area contributed by atoms with Gasteiger partial charge >= 0.3 is 0 Å². The number of benzene rings is 2. The Hall–Kier alpha value is -1.84. The van der Waals surface area contributed by atoms with E-state index < -0.39 is 0 Å². The SMILES string of the molecule is CC(C)(CNC(=O)C1(c2ccc(Cl)cc2)CC1)N1CCc2ccccc2C1. The molecule has 2 aliphatic rings. The Balaban J connectivity index is 1.40. The van der Waals surface area contributed by atoms with Gasteiger partial charge in [0.05, 0.1) is 5.41 Å². The average Bonchev–Trinajstić information content (AvgIpc) is 3.48. The normalized spacial score (nSPS) is 18.6. The second-order valence-corrected chi connectivity index (χ2v) is 8.96. The van der Waals surface area contributed by atoms with Crippen molar-refractivity contribution >= 4 is 17.5 Å². The number of carbonyl (C=O) groups excluding carboxylic acids is 1. The molecule has 1 fully saturated rings. The molecule has 0 saturated heterocycles. The minimum absolute atomic E-state index is 0.0841. The number of carbonyl (C=O) groups is 1. The van der Waals surface area contributed by atoms with Crippen LogP contribution in [0.4, 0.5) is 0 Å². The van der Waals surface area contributed by atoms with Gasteiger partial charge in [0.25, 0.3) is 0 Å². The molecule has 0 aromatic heterocycles. The fourth-order valence-corrected chi connectivity index (χ4v) is 4.26. The van der Waals surface area contributed by atoms with Gasteiger partial charge in [-0.2, -0.15) is 0 Å². The van der Waals surface area contributed by atoms with Crippen LogP contribution in [-0.2, 0) is 23.2 Å². The van der Waals surface area contributed by atoms with Crippen molar-refractivity contribution < 1.29 is 4.79 Å². The van der Waals surface area contributed by atoms with E-state index >= 15 is 0 Å². The summed E-state index contributed by atoms with van der Waals surface area (Å²) in [6, 6.07) is 16.4. The number of nitrogens with zero attached hydrogens (tertiary/aromatic N) is 1. The first-order chi connectivity index (χ1) is 12.9. The maximum Gasteiger partial charge on any atom is 0.230 e.